The largest absolute Gasteiger partial charge is 0.345 e. The number of thiazole rings is 1. The van der Waals surface area contributed by atoms with Gasteiger partial charge in [-0.15, -0.1) is 11.3 Å². The van der Waals surface area contributed by atoms with Crippen LogP contribution in [0.15, 0.2) is 29.9 Å². The molecule has 2 aromatic rings. The zero-order valence-corrected chi connectivity index (χ0v) is 9.62. The minimum absolute atomic E-state index is 0.124. The second kappa shape index (κ2) is 4.85. The number of carbonyl (C=O) groups is 1. The summed E-state index contributed by atoms with van der Waals surface area (Å²) in [5.74, 6) is -0.124. The van der Waals surface area contributed by atoms with Crippen molar-refractivity contribution in [2.24, 2.45) is 0 Å². The van der Waals surface area contributed by atoms with E-state index in [-0.39, 0.29) is 5.91 Å². The maximum atomic E-state index is 11.7. The Morgan fingerprint density at radius 1 is 1.56 bits per heavy atom. The van der Waals surface area contributed by atoms with Crippen LogP contribution >= 0.6 is 11.3 Å². The van der Waals surface area contributed by atoms with E-state index in [1.165, 1.54) is 0 Å². The fourth-order valence-electron chi connectivity index (χ4n) is 1.24. The van der Waals surface area contributed by atoms with E-state index in [9.17, 15) is 4.79 Å². The molecule has 16 heavy (non-hydrogen) atoms. The highest BCUT2D eigenvalue weighted by Gasteiger charge is 2.05. The zero-order valence-electron chi connectivity index (χ0n) is 8.80. The van der Waals surface area contributed by atoms with Crippen LogP contribution < -0.4 is 5.32 Å². The molecule has 0 saturated heterocycles. The Morgan fingerprint density at radius 2 is 2.44 bits per heavy atom. The van der Waals surface area contributed by atoms with Gasteiger partial charge in [-0.2, -0.15) is 0 Å². The molecule has 2 heterocycles. The maximum absolute atomic E-state index is 11.7. The quantitative estimate of drug-likeness (QED) is 0.879. The lowest BCUT2D eigenvalue weighted by atomic mass is 10.3. The van der Waals surface area contributed by atoms with E-state index in [1.54, 1.807) is 35.9 Å². The number of nitrogens with one attached hydrogen (secondary N) is 1. The van der Waals surface area contributed by atoms with Crippen molar-refractivity contribution < 1.29 is 4.79 Å². The lowest BCUT2D eigenvalue weighted by Gasteiger charge is -2.01. The molecule has 0 atom stereocenters. The van der Waals surface area contributed by atoms with Gasteiger partial charge in [0.1, 0.15) is 5.01 Å². The Bertz CT molecular complexity index is 481. The van der Waals surface area contributed by atoms with Crippen molar-refractivity contribution in [1.82, 2.24) is 15.3 Å². The normalized spacial score (nSPS) is 10.1. The van der Waals surface area contributed by atoms with E-state index >= 15 is 0 Å². The molecule has 0 fully saturated rings. The van der Waals surface area contributed by atoms with Crippen molar-refractivity contribution in [3.63, 3.8) is 0 Å². The predicted molar refractivity (Wildman–Crippen MR) is 62.3 cm³/mol. The van der Waals surface area contributed by atoms with Crippen LogP contribution in [0.4, 0.5) is 0 Å². The maximum Gasteiger partial charge on any atom is 0.253 e. The minimum Gasteiger partial charge on any atom is -0.345 e. The first-order valence-electron chi connectivity index (χ1n) is 4.85. The first-order valence-corrected chi connectivity index (χ1v) is 5.73. The number of hydrogen-bond acceptors (Lipinski definition) is 4. The number of rotatable bonds is 3. The van der Waals surface area contributed by atoms with Crippen molar-refractivity contribution in [3.8, 4) is 0 Å². The second-order valence-electron chi connectivity index (χ2n) is 3.31. The van der Waals surface area contributed by atoms with Gasteiger partial charge in [-0.1, -0.05) is 0 Å². The number of aromatic nitrogens is 2. The summed E-state index contributed by atoms with van der Waals surface area (Å²) in [4.78, 5) is 19.8. The molecular weight excluding hydrogens is 222 g/mol. The van der Waals surface area contributed by atoms with Gasteiger partial charge in [0, 0.05) is 23.5 Å². The molecular formula is C11H11N3OS. The third kappa shape index (κ3) is 2.64. The Kier molecular flexibility index (Phi) is 3.26. The average molecular weight is 233 g/mol. The van der Waals surface area contributed by atoms with Gasteiger partial charge in [0.05, 0.1) is 12.1 Å². The minimum atomic E-state index is -0.124. The van der Waals surface area contributed by atoms with E-state index in [2.05, 4.69) is 15.3 Å². The third-order valence-corrected chi connectivity index (χ3v) is 2.96. The van der Waals surface area contributed by atoms with Crippen molar-refractivity contribution in [2.45, 2.75) is 13.5 Å². The van der Waals surface area contributed by atoms with Crippen LogP contribution in [0.25, 0.3) is 0 Å². The van der Waals surface area contributed by atoms with E-state index in [0.29, 0.717) is 12.1 Å². The van der Waals surface area contributed by atoms with Crippen molar-refractivity contribution in [2.75, 3.05) is 0 Å². The Morgan fingerprint density at radius 3 is 3.06 bits per heavy atom. The van der Waals surface area contributed by atoms with E-state index < -0.39 is 0 Å². The number of carbonyl (C=O) groups excluding carboxylic acids is 1. The van der Waals surface area contributed by atoms with Crippen LogP contribution in [0.2, 0.25) is 0 Å². The fraction of sp³-hybridized carbons (Fsp3) is 0.182. The van der Waals surface area contributed by atoms with Crippen LogP contribution in [0, 0.1) is 6.92 Å². The molecule has 0 unspecified atom stereocenters. The van der Waals surface area contributed by atoms with Crippen LogP contribution in [-0.2, 0) is 6.54 Å². The summed E-state index contributed by atoms with van der Waals surface area (Å²) in [6.07, 6.45) is 3.18. The Balaban J connectivity index is 1.94. The molecule has 1 amide bonds. The molecule has 0 saturated carbocycles. The summed E-state index contributed by atoms with van der Waals surface area (Å²) in [6.45, 7) is 2.40. The molecule has 2 aromatic heterocycles. The first kappa shape index (κ1) is 10.8. The topological polar surface area (TPSA) is 54.9 Å². The van der Waals surface area contributed by atoms with Crippen molar-refractivity contribution in [1.29, 1.82) is 0 Å². The molecule has 0 aliphatic carbocycles. The van der Waals surface area contributed by atoms with Crippen molar-refractivity contribution in [3.05, 3.63) is 46.2 Å². The molecule has 0 aliphatic heterocycles. The second-order valence-corrected chi connectivity index (χ2v) is 4.25. The molecule has 2 rings (SSSR count). The molecule has 0 radical (unpaired) electrons. The van der Waals surface area contributed by atoms with Gasteiger partial charge in [-0.3, -0.25) is 9.78 Å². The third-order valence-electron chi connectivity index (χ3n) is 1.99. The monoisotopic (exact) mass is 233 g/mol. The highest BCUT2D eigenvalue weighted by Crippen LogP contribution is 2.08. The molecule has 4 nitrogen and oxygen atoms in total. The molecule has 0 aromatic carbocycles. The lowest BCUT2D eigenvalue weighted by molar-refractivity contribution is 0.0950. The molecule has 0 spiro atoms. The molecule has 82 valence electrons. The summed E-state index contributed by atoms with van der Waals surface area (Å²) in [5, 5.41) is 5.67. The van der Waals surface area contributed by atoms with Crippen LogP contribution in [0.5, 0.6) is 0 Å². The van der Waals surface area contributed by atoms with Gasteiger partial charge in [-0.25, -0.2) is 4.98 Å². The van der Waals surface area contributed by atoms with Gasteiger partial charge in [-0.05, 0) is 19.1 Å². The summed E-state index contributed by atoms with van der Waals surface area (Å²) in [5.41, 5.74) is 1.55. The standard InChI is InChI=1S/C11H11N3OS/c1-8-7-16-10(14-8)6-13-11(15)9-3-2-4-12-5-9/h2-5,7H,6H2,1H3,(H,13,15). The molecule has 0 bridgehead atoms. The van der Waals surface area contributed by atoms with Gasteiger partial charge in [0.25, 0.3) is 5.91 Å². The van der Waals surface area contributed by atoms with Gasteiger partial charge in [0.2, 0.25) is 0 Å². The summed E-state index contributed by atoms with van der Waals surface area (Å²) < 4.78 is 0. The van der Waals surface area contributed by atoms with Crippen molar-refractivity contribution >= 4 is 17.2 Å². The number of aryl methyl sites for hydroxylation is 1. The highest BCUT2D eigenvalue weighted by atomic mass is 32.1. The molecule has 1 N–H and O–H groups in total. The van der Waals surface area contributed by atoms with Gasteiger partial charge >= 0.3 is 0 Å². The molecule has 5 heteroatoms. The molecule has 0 aliphatic rings. The van der Waals surface area contributed by atoms with Gasteiger partial charge in [0.15, 0.2) is 0 Å². The zero-order chi connectivity index (χ0) is 11.4. The first-order chi connectivity index (χ1) is 7.75. The highest BCUT2D eigenvalue weighted by molar-refractivity contribution is 7.09. The fourth-order valence-corrected chi connectivity index (χ4v) is 1.95. The van der Waals surface area contributed by atoms with E-state index in [0.717, 1.165) is 10.7 Å². The van der Waals surface area contributed by atoms with Crippen LogP contribution in [0.1, 0.15) is 21.1 Å². The SMILES string of the molecule is Cc1csc(CNC(=O)c2cccnc2)n1. The number of hydrogen-bond donors (Lipinski definition) is 1. The Hall–Kier alpha value is -1.75. The lowest BCUT2D eigenvalue weighted by Crippen LogP contribution is -2.22. The van der Waals surface area contributed by atoms with E-state index in [1.807, 2.05) is 12.3 Å². The summed E-state index contributed by atoms with van der Waals surface area (Å²) in [6, 6.07) is 3.47. The van der Waals surface area contributed by atoms with Crippen LogP contribution in [-0.4, -0.2) is 15.9 Å². The number of nitrogens with zero attached hydrogens (tertiary/aromatic N) is 2. The van der Waals surface area contributed by atoms with E-state index in [4.69, 9.17) is 0 Å². The van der Waals surface area contributed by atoms with Gasteiger partial charge < -0.3 is 5.32 Å². The number of pyridine rings is 1. The Labute approximate surface area is 97.4 Å². The average Bonchev–Trinajstić information content (AvgIpc) is 2.73. The summed E-state index contributed by atoms with van der Waals surface area (Å²) in [7, 11) is 0. The smallest absolute Gasteiger partial charge is 0.253 e. The van der Waals surface area contributed by atoms with Crippen LogP contribution in [0.3, 0.4) is 0 Å². The predicted octanol–water partition coefficient (Wildman–Crippen LogP) is 1.78. The number of amides is 1. The summed E-state index contributed by atoms with van der Waals surface area (Å²) >= 11 is 1.55.